The molecule has 0 amide bonds. The molecule has 2 aliphatic carbocycles. The van der Waals surface area contributed by atoms with Crippen molar-refractivity contribution in [3.8, 4) is 5.75 Å². The van der Waals surface area contributed by atoms with Crippen molar-refractivity contribution in [3.63, 3.8) is 0 Å². The second-order valence-corrected chi connectivity index (χ2v) is 6.86. The zero-order valence-corrected chi connectivity index (χ0v) is 15.1. The first-order valence-electron chi connectivity index (χ1n) is 8.42. The van der Waals surface area contributed by atoms with Gasteiger partial charge in [0, 0.05) is 11.5 Å². The van der Waals surface area contributed by atoms with Gasteiger partial charge in [0.1, 0.15) is 5.75 Å². The molecule has 0 spiro atoms. The average Bonchev–Trinajstić information content (AvgIpc) is 3.36. The van der Waals surface area contributed by atoms with Crippen LogP contribution in [-0.4, -0.2) is 19.7 Å². The Morgan fingerprint density at radius 1 is 1.05 bits per heavy atom. The van der Waals surface area contributed by atoms with Gasteiger partial charge in [0.15, 0.2) is 0 Å². The van der Waals surface area contributed by atoms with Crippen LogP contribution in [0.3, 0.4) is 0 Å². The fourth-order valence-corrected chi connectivity index (χ4v) is 4.45. The Hall–Kier alpha value is -0.800. The van der Waals surface area contributed by atoms with Crippen LogP contribution in [0.4, 0.5) is 0 Å². The summed E-state index contributed by atoms with van der Waals surface area (Å²) in [5, 5.41) is 3.86. The number of hydrogen-bond acceptors (Lipinski definition) is 2. The molecule has 3 aliphatic rings. The van der Waals surface area contributed by atoms with Gasteiger partial charge in [-0.15, -0.1) is 17.0 Å². The second-order valence-electron chi connectivity index (χ2n) is 6.86. The van der Waals surface area contributed by atoms with Crippen molar-refractivity contribution in [2.75, 3.05) is 13.7 Å². The minimum atomic E-state index is 0. The molecule has 4 rings (SSSR count). The van der Waals surface area contributed by atoms with Crippen molar-refractivity contribution in [2.45, 2.75) is 56.4 Å². The van der Waals surface area contributed by atoms with Gasteiger partial charge in [0.25, 0.3) is 0 Å². The van der Waals surface area contributed by atoms with E-state index in [-0.39, 0.29) is 17.0 Å². The summed E-state index contributed by atoms with van der Waals surface area (Å²) in [6.45, 7) is 1.17. The molecule has 3 heteroatoms. The molecule has 1 saturated carbocycles. The summed E-state index contributed by atoms with van der Waals surface area (Å²) in [6.07, 6.45) is 9.40. The lowest BCUT2D eigenvalue weighted by molar-refractivity contribution is 0.404. The third kappa shape index (κ3) is 2.63. The predicted octanol–water partition coefficient (Wildman–Crippen LogP) is 4.54. The smallest absolute Gasteiger partial charge is 0.118 e. The maximum Gasteiger partial charge on any atom is 0.118 e. The zero-order valence-electron chi connectivity index (χ0n) is 13.4. The van der Waals surface area contributed by atoms with Gasteiger partial charge in [-0.05, 0) is 69.2 Å². The lowest BCUT2D eigenvalue weighted by atomic mass is 9.75. The summed E-state index contributed by atoms with van der Waals surface area (Å²) in [5.41, 5.74) is 5.41. The van der Waals surface area contributed by atoms with Gasteiger partial charge in [-0.2, -0.15) is 0 Å². The molecular weight excluding hydrogens is 338 g/mol. The molecule has 1 unspecified atom stereocenters. The fraction of sp³-hybridized carbons (Fsp3) is 0.579. The highest BCUT2D eigenvalue weighted by atomic mass is 79.9. The topological polar surface area (TPSA) is 21.3 Å². The molecule has 1 fully saturated rings. The first kappa shape index (κ1) is 16.1. The Morgan fingerprint density at radius 2 is 1.77 bits per heavy atom. The minimum absolute atomic E-state index is 0. The molecule has 0 radical (unpaired) electrons. The van der Waals surface area contributed by atoms with Crippen LogP contribution in [0.5, 0.6) is 5.75 Å². The highest BCUT2D eigenvalue weighted by molar-refractivity contribution is 8.93. The Labute approximate surface area is 144 Å². The number of hydrogen-bond donors (Lipinski definition) is 1. The molecule has 0 saturated heterocycles. The molecule has 1 N–H and O–H groups in total. The van der Waals surface area contributed by atoms with Gasteiger partial charge in [-0.25, -0.2) is 0 Å². The molecule has 22 heavy (non-hydrogen) atoms. The Bertz CT molecular complexity index is 555. The summed E-state index contributed by atoms with van der Waals surface area (Å²) in [6, 6.07) is 9.40. The van der Waals surface area contributed by atoms with Crippen molar-refractivity contribution in [3.05, 3.63) is 41.0 Å². The van der Waals surface area contributed by atoms with Crippen LogP contribution in [-0.2, 0) is 5.41 Å². The van der Waals surface area contributed by atoms with Crippen LogP contribution in [0.25, 0.3) is 0 Å². The number of rotatable bonds is 3. The summed E-state index contributed by atoms with van der Waals surface area (Å²) in [5.74, 6) is 0.962. The van der Waals surface area contributed by atoms with Crippen LogP contribution < -0.4 is 10.1 Å². The van der Waals surface area contributed by atoms with Crippen molar-refractivity contribution < 1.29 is 4.74 Å². The van der Waals surface area contributed by atoms with Gasteiger partial charge < -0.3 is 10.1 Å². The van der Waals surface area contributed by atoms with Crippen LogP contribution in [0.2, 0.25) is 0 Å². The molecule has 1 heterocycles. The lowest BCUT2D eigenvalue weighted by Gasteiger charge is -2.38. The largest absolute Gasteiger partial charge is 0.497 e. The van der Waals surface area contributed by atoms with Gasteiger partial charge in [-0.3, -0.25) is 0 Å². The number of ether oxygens (including phenoxy) is 1. The van der Waals surface area contributed by atoms with Crippen LogP contribution >= 0.6 is 17.0 Å². The van der Waals surface area contributed by atoms with Gasteiger partial charge in [0.2, 0.25) is 0 Å². The van der Waals surface area contributed by atoms with Crippen molar-refractivity contribution in [2.24, 2.45) is 0 Å². The molecule has 1 atom stereocenters. The zero-order chi connectivity index (χ0) is 14.3. The van der Waals surface area contributed by atoms with E-state index in [4.69, 9.17) is 4.74 Å². The number of methoxy groups -OCH3 is 1. The lowest BCUT2D eigenvalue weighted by Crippen LogP contribution is -2.45. The van der Waals surface area contributed by atoms with Gasteiger partial charge in [-0.1, -0.05) is 23.3 Å². The van der Waals surface area contributed by atoms with E-state index in [0.29, 0.717) is 11.5 Å². The van der Waals surface area contributed by atoms with E-state index in [1.165, 1.54) is 57.1 Å². The van der Waals surface area contributed by atoms with Crippen LogP contribution in [0.15, 0.2) is 35.4 Å². The van der Waals surface area contributed by atoms with E-state index in [1.54, 1.807) is 18.3 Å². The first-order chi connectivity index (χ1) is 10.3. The standard InChI is InChI=1S/C19H25NO.BrH/c1-21-16-8-6-15(7-9-16)19(11-12-19)18-17-5-3-2-4-14(17)10-13-20-18;/h6-9,18,20H,2-5,10-13H2,1H3;1H. The Morgan fingerprint density at radius 3 is 2.45 bits per heavy atom. The molecule has 1 aromatic carbocycles. The maximum absolute atomic E-state index is 5.31. The van der Waals surface area contributed by atoms with Crippen molar-refractivity contribution in [1.29, 1.82) is 0 Å². The van der Waals surface area contributed by atoms with E-state index >= 15 is 0 Å². The number of nitrogens with one attached hydrogen (secondary N) is 1. The normalized spacial score (nSPS) is 26.0. The van der Waals surface area contributed by atoms with E-state index in [2.05, 4.69) is 29.6 Å². The molecule has 1 aliphatic heterocycles. The average molecular weight is 364 g/mol. The highest BCUT2D eigenvalue weighted by Gasteiger charge is 2.52. The Kier molecular flexibility index (Phi) is 4.65. The Balaban J connectivity index is 0.00000144. The van der Waals surface area contributed by atoms with E-state index in [9.17, 15) is 0 Å². The summed E-state index contributed by atoms with van der Waals surface area (Å²) < 4.78 is 5.31. The van der Waals surface area contributed by atoms with Gasteiger partial charge in [0.05, 0.1) is 7.11 Å². The predicted molar refractivity (Wildman–Crippen MR) is 96.1 cm³/mol. The monoisotopic (exact) mass is 363 g/mol. The second kappa shape index (κ2) is 6.37. The molecular formula is C19H26BrNO. The third-order valence-corrected chi connectivity index (χ3v) is 5.76. The molecule has 0 aromatic heterocycles. The fourth-order valence-electron chi connectivity index (χ4n) is 4.45. The van der Waals surface area contributed by atoms with Gasteiger partial charge >= 0.3 is 0 Å². The van der Waals surface area contributed by atoms with Crippen molar-refractivity contribution in [1.82, 2.24) is 5.32 Å². The first-order valence-corrected chi connectivity index (χ1v) is 8.42. The highest BCUT2D eigenvalue weighted by Crippen LogP contribution is 2.55. The van der Waals surface area contributed by atoms with E-state index < -0.39 is 0 Å². The molecule has 120 valence electrons. The summed E-state index contributed by atoms with van der Waals surface area (Å²) >= 11 is 0. The number of benzene rings is 1. The molecule has 1 aromatic rings. The SMILES string of the molecule is Br.COc1ccc(C2(C3NCCC4=C3CCCC4)CC2)cc1. The molecule has 2 nitrogen and oxygen atoms in total. The van der Waals surface area contributed by atoms with E-state index in [1.807, 2.05) is 0 Å². The van der Waals surface area contributed by atoms with Crippen LogP contribution in [0, 0.1) is 0 Å². The molecule has 0 bridgehead atoms. The quantitative estimate of drug-likeness (QED) is 0.796. The van der Waals surface area contributed by atoms with Crippen LogP contribution in [0.1, 0.15) is 50.5 Å². The maximum atomic E-state index is 5.31. The van der Waals surface area contributed by atoms with Crippen molar-refractivity contribution >= 4 is 17.0 Å². The third-order valence-electron chi connectivity index (χ3n) is 5.76. The minimum Gasteiger partial charge on any atom is -0.497 e. The summed E-state index contributed by atoms with van der Waals surface area (Å²) in [7, 11) is 1.74. The summed E-state index contributed by atoms with van der Waals surface area (Å²) in [4.78, 5) is 0. The van der Waals surface area contributed by atoms with E-state index in [0.717, 1.165) is 5.75 Å². The number of halogens is 1.